The van der Waals surface area contributed by atoms with Crippen molar-refractivity contribution >= 4 is 11.5 Å². The number of nitrogen functional groups attached to an aromatic ring is 1. The van der Waals surface area contributed by atoms with Crippen LogP contribution in [0.1, 0.15) is 37.1 Å². The first-order valence-electron chi connectivity index (χ1n) is 9.23. The molecule has 0 radical (unpaired) electrons. The normalized spacial score (nSPS) is 15.4. The molecule has 4 N–H and O–H groups in total. The van der Waals surface area contributed by atoms with E-state index in [9.17, 15) is 4.39 Å². The van der Waals surface area contributed by atoms with Crippen molar-refractivity contribution in [2.45, 2.75) is 39.7 Å². The average Bonchev–Trinajstić information content (AvgIpc) is 3.02. The van der Waals surface area contributed by atoms with E-state index in [-0.39, 0.29) is 5.41 Å². The van der Waals surface area contributed by atoms with Crippen molar-refractivity contribution in [3.05, 3.63) is 59.2 Å². The van der Waals surface area contributed by atoms with Crippen LogP contribution in [0.2, 0.25) is 0 Å². The molecule has 0 atom stereocenters. The first-order chi connectivity index (χ1) is 12.9. The van der Waals surface area contributed by atoms with Crippen LogP contribution in [0.15, 0.2) is 36.4 Å². The molecule has 3 aromatic rings. The van der Waals surface area contributed by atoms with Crippen LogP contribution < -0.4 is 11.1 Å². The number of hydrogen-bond acceptors (Lipinski definition) is 4. The number of nitrogens with one attached hydrogen (secondary N) is 2. The van der Waals surface area contributed by atoms with E-state index in [1.165, 1.54) is 11.6 Å². The number of nitrogens with zero attached hydrogens (tertiary/aromatic N) is 2. The third-order valence-electron chi connectivity index (χ3n) is 5.24. The molecular weight excluding hydrogens is 341 g/mol. The fraction of sp³-hybridized carbons (Fsp3) is 0.333. The Morgan fingerprint density at radius 2 is 2.07 bits per heavy atom. The van der Waals surface area contributed by atoms with Gasteiger partial charge in [-0.05, 0) is 42.4 Å². The minimum absolute atomic E-state index is 0.266. The van der Waals surface area contributed by atoms with Crippen molar-refractivity contribution in [2.75, 3.05) is 11.1 Å². The first-order valence-corrected chi connectivity index (χ1v) is 9.23. The van der Waals surface area contributed by atoms with Crippen LogP contribution in [0.25, 0.3) is 11.3 Å². The Labute approximate surface area is 158 Å². The van der Waals surface area contributed by atoms with Crippen molar-refractivity contribution in [2.24, 2.45) is 5.41 Å². The van der Waals surface area contributed by atoms with Gasteiger partial charge < -0.3 is 11.1 Å². The molecule has 27 heavy (non-hydrogen) atoms. The lowest BCUT2D eigenvalue weighted by Gasteiger charge is -2.29. The highest BCUT2D eigenvalue weighted by Crippen LogP contribution is 2.38. The molecule has 1 aliphatic rings. The van der Waals surface area contributed by atoms with Crippen molar-refractivity contribution in [1.82, 2.24) is 15.2 Å². The molecule has 0 spiro atoms. The van der Waals surface area contributed by atoms with Gasteiger partial charge in [-0.15, -0.1) is 0 Å². The predicted molar refractivity (Wildman–Crippen MR) is 106 cm³/mol. The Morgan fingerprint density at radius 3 is 2.89 bits per heavy atom. The molecule has 4 rings (SSSR count). The molecule has 1 aliphatic carbocycles. The first kappa shape index (κ1) is 17.5. The molecule has 0 bridgehead atoms. The zero-order valence-electron chi connectivity index (χ0n) is 15.6. The van der Waals surface area contributed by atoms with Gasteiger partial charge in [0.1, 0.15) is 5.82 Å². The number of H-pyrrole nitrogens is 1. The molecule has 0 saturated carbocycles. The van der Waals surface area contributed by atoms with Crippen LogP contribution in [0.4, 0.5) is 15.9 Å². The van der Waals surface area contributed by atoms with Gasteiger partial charge >= 0.3 is 0 Å². The summed E-state index contributed by atoms with van der Waals surface area (Å²) >= 11 is 0. The van der Waals surface area contributed by atoms with Gasteiger partial charge in [-0.25, -0.2) is 4.98 Å². The van der Waals surface area contributed by atoms with E-state index < -0.39 is 5.95 Å². The Balaban J connectivity index is 1.60. The molecule has 2 heterocycles. The third-order valence-corrected chi connectivity index (χ3v) is 5.24. The topological polar surface area (TPSA) is 79.6 Å². The molecule has 0 saturated heterocycles. The summed E-state index contributed by atoms with van der Waals surface area (Å²) in [6.45, 7) is 5.01. The second-order valence-corrected chi connectivity index (χ2v) is 7.99. The number of anilines is 2. The summed E-state index contributed by atoms with van der Waals surface area (Å²) in [6.07, 6.45) is 3.00. The number of aromatic nitrogens is 3. The third kappa shape index (κ3) is 3.65. The van der Waals surface area contributed by atoms with Gasteiger partial charge in [-0.2, -0.15) is 9.49 Å². The van der Waals surface area contributed by atoms with E-state index in [1.807, 2.05) is 30.3 Å². The van der Waals surface area contributed by atoms with Crippen molar-refractivity contribution in [1.29, 1.82) is 0 Å². The second-order valence-electron chi connectivity index (χ2n) is 7.99. The van der Waals surface area contributed by atoms with Crippen LogP contribution >= 0.6 is 0 Å². The van der Waals surface area contributed by atoms with Crippen LogP contribution in [-0.2, 0) is 19.4 Å². The SMILES string of the molecule is CC1(C)CCc2c(-c3cc(F)nc(NCc4ccccc4N)c3)n[nH]c2C1. The minimum atomic E-state index is -0.524. The number of benzene rings is 1. The maximum Gasteiger partial charge on any atom is 0.215 e. The summed E-state index contributed by atoms with van der Waals surface area (Å²) in [7, 11) is 0. The van der Waals surface area contributed by atoms with Gasteiger partial charge in [0.2, 0.25) is 5.95 Å². The monoisotopic (exact) mass is 365 g/mol. The Bertz CT molecular complexity index is 976. The van der Waals surface area contributed by atoms with Crippen LogP contribution in [-0.4, -0.2) is 15.2 Å². The van der Waals surface area contributed by atoms with Crippen molar-refractivity contribution < 1.29 is 4.39 Å². The zero-order chi connectivity index (χ0) is 19.0. The lowest BCUT2D eigenvalue weighted by molar-refractivity contribution is 0.312. The Morgan fingerprint density at radius 1 is 1.26 bits per heavy atom. The van der Waals surface area contributed by atoms with Crippen molar-refractivity contribution in [3.8, 4) is 11.3 Å². The highest BCUT2D eigenvalue weighted by molar-refractivity contribution is 5.67. The number of rotatable bonds is 4. The summed E-state index contributed by atoms with van der Waals surface area (Å²) < 4.78 is 14.2. The van der Waals surface area contributed by atoms with Crippen LogP contribution in [0.3, 0.4) is 0 Å². The van der Waals surface area contributed by atoms with E-state index in [0.717, 1.165) is 41.8 Å². The highest BCUT2D eigenvalue weighted by atomic mass is 19.1. The van der Waals surface area contributed by atoms with E-state index in [2.05, 4.69) is 34.3 Å². The van der Waals surface area contributed by atoms with Gasteiger partial charge in [0, 0.05) is 35.1 Å². The number of fused-ring (bicyclic) bond motifs is 1. The molecule has 5 nitrogen and oxygen atoms in total. The highest BCUT2D eigenvalue weighted by Gasteiger charge is 2.29. The minimum Gasteiger partial charge on any atom is -0.398 e. The van der Waals surface area contributed by atoms with Gasteiger partial charge in [-0.1, -0.05) is 32.0 Å². The quantitative estimate of drug-likeness (QED) is 0.475. The van der Waals surface area contributed by atoms with Crippen LogP contribution in [0.5, 0.6) is 0 Å². The number of aromatic amines is 1. The number of para-hydroxylation sites is 1. The molecule has 2 aromatic heterocycles. The standard InChI is InChI=1S/C21H24FN5/c1-21(2)8-7-15-17(11-21)26-27-20(15)14-9-18(22)25-19(10-14)24-12-13-5-3-4-6-16(13)23/h3-6,9-10H,7-8,11-12,23H2,1-2H3,(H,24,25)(H,26,27). The number of pyridine rings is 1. The summed E-state index contributed by atoms with van der Waals surface area (Å²) in [5.74, 6) is -0.0509. The molecule has 0 amide bonds. The average molecular weight is 365 g/mol. The van der Waals surface area contributed by atoms with E-state index in [0.29, 0.717) is 18.1 Å². The number of halogens is 1. The summed E-state index contributed by atoms with van der Waals surface area (Å²) in [6, 6.07) is 10.9. The van der Waals surface area contributed by atoms with Crippen LogP contribution in [0, 0.1) is 11.4 Å². The predicted octanol–water partition coefficient (Wildman–Crippen LogP) is 4.32. The van der Waals surface area contributed by atoms with Crippen molar-refractivity contribution in [3.63, 3.8) is 0 Å². The Kier molecular flexibility index (Phi) is 4.34. The zero-order valence-corrected chi connectivity index (χ0v) is 15.6. The van der Waals surface area contributed by atoms with Gasteiger partial charge in [0.05, 0.1) is 5.69 Å². The maximum atomic E-state index is 14.2. The summed E-state index contributed by atoms with van der Waals surface area (Å²) in [4.78, 5) is 3.97. The van der Waals surface area contributed by atoms with Gasteiger partial charge in [0.15, 0.2) is 0 Å². The largest absolute Gasteiger partial charge is 0.398 e. The summed E-state index contributed by atoms with van der Waals surface area (Å²) in [5.41, 5.74) is 11.8. The fourth-order valence-corrected chi connectivity index (χ4v) is 3.69. The molecule has 140 valence electrons. The maximum absolute atomic E-state index is 14.2. The molecule has 0 unspecified atom stereocenters. The lowest BCUT2D eigenvalue weighted by Crippen LogP contribution is -2.21. The van der Waals surface area contributed by atoms with Gasteiger partial charge in [-0.3, -0.25) is 5.10 Å². The Hall–Kier alpha value is -2.89. The smallest absolute Gasteiger partial charge is 0.215 e. The molecule has 1 aromatic carbocycles. The van der Waals surface area contributed by atoms with Gasteiger partial charge in [0.25, 0.3) is 0 Å². The van der Waals surface area contributed by atoms with E-state index >= 15 is 0 Å². The lowest BCUT2D eigenvalue weighted by atomic mass is 9.76. The van der Waals surface area contributed by atoms with E-state index in [1.54, 1.807) is 0 Å². The molecule has 6 heteroatoms. The summed E-state index contributed by atoms with van der Waals surface area (Å²) in [5, 5.41) is 10.8. The second kappa shape index (κ2) is 6.68. The fourth-order valence-electron chi connectivity index (χ4n) is 3.69. The van der Waals surface area contributed by atoms with E-state index in [4.69, 9.17) is 5.73 Å². The number of hydrogen-bond donors (Lipinski definition) is 3. The molecule has 0 aliphatic heterocycles. The molecule has 0 fully saturated rings. The number of nitrogens with two attached hydrogens (primary N) is 1. The molecular formula is C21H24FN5.